The van der Waals surface area contributed by atoms with E-state index < -0.39 is 0 Å². The van der Waals surface area contributed by atoms with Gasteiger partial charge in [0.05, 0.1) is 19.3 Å². The molecule has 24 heavy (non-hydrogen) atoms. The molecule has 8 nitrogen and oxygen atoms in total. The summed E-state index contributed by atoms with van der Waals surface area (Å²) in [7, 11) is 1.69. The highest BCUT2D eigenvalue weighted by molar-refractivity contribution is 5.30. The first-order chi connectivity index (χ1) is 11.7. The molecule has 0 aliphatic carbocycles. The molecular weight excluding hydrogens is 310 g/mol. The van der Waals surface area contributed by atoms with Gasteiger partial charge in [-0.1, -0.05) is 0 Å². The van der Waals surface area contributed by atoms with Crippen LogP contribution in [0.25, 0.3) is 0 Å². The van der Waals surface area contributed by atoms with E-state index in [1.54, 1.807) is 25.5 Å². The molecule has 0 aromatic carbocycles. The van der Waals surface area contributed by atoms with E-state index in [0.29, 0.717) is 37.8 Å². The van der Waals surface area contributed by atoms with E-state index in [4.69, 9.17) is 14.4 Å². The maximum atomic E-state index is 11.9. The Bertz CT molecular complexity index is 791. The van der Waals surface area contributed by atoms with Crippen LogP contribution in [0.1, 0.15) is 11.5 Å². The van der Waals surface area contributed by atoms with E-state index >= 15 is 0 Å². The number of nitriles is 1. The lowest BCUT2D eigenvalue weighted by molar-refractivity contribution is -0.0259. The number of morpholine rings is 1. The van der Waals surface area contributed by atoms with Crippen LogP contribution in [0.4, 0.5) is 5.82 Å². The Balaban J connectivity index is 1.54. The van der Waals surface area contributed by atoms with Crippen molar-refractivity contribution in [3.05, 3.63) is 46.4 Å². The van der Waals surface area contributed by atoms with E-state index in [1.165, 1.54) is 4.57 Å². The zero-order valence-corrected chi connectivity index (χ0v) is 13.4. The fourth-order valence-corrected chi connectivity index (χ4v) is 2.62. The number of nitrogens with zero attached hydrogens (tertiary/aromatic N) is 4. The normalized spacial score (nSPS) is 18.2. The van der Waals surface area contributed by atoms with E-state index in [2.05, 4.69) is 15.2 Å². The van der Waals surface area contributed by atoms with Gasteiger partial charge >= 0.3 is 0 Å². The lowest BCUT2D eigenvalue weighted by Gasteiger charge is -2.32. The molecule has 1 aliphatic rings. The molecule has 0 saturated carbocycles. The standard InChI is InChI=1S/C16H19N5O3/c1-20-5-4-18-15(16(20)22)19-9-14-11-21(6-7-23-14)10-13-3-2-12(8-17)24-13/h2-5,14H,6-7,9-11H2,1H3,(H,18,19). The average Bonchev–Trinajstić information content (AvgIpc) is 3.04. The first kappa shape index (κ1) is 16.2. The predicted molar refractivity (Wildman–Crippen MR) is 86.4 cm³/mol. The molecule has 126 valence electrons. The van der Waals surface area contributed by atoms with Crippen LogP contribution >= 0.6 is 0 Å². The number of ether oxygens (including phenoxy) is 1. The number of hydrogen-bond donors (Lipinski definition) is 1. The molecule has 0 radical (unpaired) electrons. The minimum atomic E-state index is -0.162. The van der Waals surface area contributed by atoms with Gasteiger partial charge in [-0.2, -0.15) is 5.26 Å². The van der Waals surface area contributed by atoms with Gasteiger partial charge in [0.25, 0.3) is 5.56 Å². The lowest BCUT2D eigenvalue weighted by atomic mass is 10.2. The van der Waals surface area contributed by atoms with Crippen molar-refractivity contribution in [3.8, 4) is 6.07 Å². The van der Waals surface area contributed by atoms with Crippen molar-refractivity contribution in [1.29, 1.82) is 5.26 Å². The highest BCUT2D eigenvalue weighted by Gasteiger charge is 2.21. The third kappa shape index (κ3) is 3.82. The van der Waals surface area contributed by atoms with E-state index in [9.17, 15) is 4.79 Å². The van der Waals surface area contributed by atoms with Gasteiger partial charge in [-0.05, 0) is 12.1 Å². The number of aromatic nitrogens is 2. The first-order valence-electron chi connectivity index (χ1n) is 7.74. The zero-order valence-electron chi connectivity index (χ0n) is 13.4. The summed E-state index contributed by atoms with van der Waals surface area (Å²) in [6.45, 7) is 3.25. The third-order valence-electron chi connectivity index (χ3n) is 3.89. The van der Waals surface area contributed by atoms with E-state index in [-0.39, 0.29) is 11.7 Å². The number of furan rings is 1. The number of nitrogens with one attached hydrogen (secondary N) is 1. The molecule has 8 heteroatoms. The van der Waals surface area contributed by atoms with Crippen LogP contribution in [0, 0.1) is 11.3 Å². The van der Waals surface area contributed by atoms with Gasteiger partial charge in [0, 0.05) is 39.1 Å². The Labute approximate surface area is 139 Å². The van der Waals surface area contributed by atoms with Gasteiger partial charge < -0.3 is 19.0 Å². The lowest BCUT2D eigenvalue weighted by Crippen LogP contribution is -2.45. The maximum absolute atomic E-state index is 11.9. The monoisotopic (exact) mass is 329 g/mol. The first-order valence-corrected chi connectivity index (χ1v) is 7.74. The Morgan fingerprint density at radius 3 is 3.17 bits per heavy atom. The molecule has 0 bridgehead atoms. The van der Waals surface area contributed by atoms with Crippen LogP contribution in [0.5, 0.6) is 0 Å². The fourth-order valence-electron chi connectivity index (χ4n) is 2.62. The Morgan fingerprint density at radius 2 is 2.38 bits per heavy atom. The average molecular weight is 329 g/mol. The summed E-state index contributed by atoms with van der Waals surface area (Å²) < 4.78 is 12.6. The fraction of sp³-hybridized carbons (Fsp3) is 0.438. The van der Waals surface area contributed by atoms with Crippen molar-refractivity contribution in [2.24, 2.45) is 7.05 Å². The largest absolute Gasteiger partial charge is 0.449 e. The Morgan fingerprint density at radius 1 is 1.50 bits per heavy atom. The SMILES string of the molecule is Cn1ccnc(NCC2CN(Cc3ccc(C#N)o3)CCO2)c1=O. The number of anilines is 1. The minimum Gasteiger partial charge on any atom is -0.449 e. The molecule has 2 aromatic heterocycles. The molecule has 1 atom stereocenters. The minimum absolute atomic E-state index is 0.0455. The molecule has 3 heterocycles. The zero-order chi connectivity index (χ0) is 16.9. The summed E-state index contributed by atoms with van der Waals surface area (Å²) in [6.07, 6.45) is 3.16. The molecule has 1 N–H and O–H groups in total. The topological polar surface area (TPSA) is 96.3 Å². The second-order valence-electron chi connectivity index (χ2n) is 5.68. The number of rotatable bonds is 5. The molecule has 1 aliphatic heterocycles. The summed E-state index contributed by atoms with van der Waals surface area (Å²) in [5, 5.41) is 11.9. The maximum Gasteiger partial charge on any atom is 0.293 e. The van der Waals surface area contributed by atoms with Crippen LogP contribution in [-0.2, 0) is 18.3 Å². The third-order valence-corrected chi connectivity index (χ3v) is 3.89. The van der Waals surface area contributed by atoms with Crippen molar-refractivity contribution in [2.75, 3.05) is 31.6 Å². The van der Waals surface area contributed by atoms with Crippen LogP contribution in [0.2, 0.25) is 0 Å². The molecule has 0 spiro atoms. The summed E-state index contributed by atoms with van der Waals surface area (Å²) in [4.78, 5) is 18.2. The van der Waals surface area contributed by atoms with Crippen LogP contribution < -0.4 is 10.9 Å². The van der Waals surface area contributed by atoms with Crippen molar-refractivity contribution < 1.29 is 9.15 Å². The summed E-state index contributed by atoms with van der Waals surface area (Å²) in [6, 6.07) is 5.47. The second kappa shape index (κ2) is 7.29. The van der Waals surface area contributed by atoms with Crippen molar-refractivity contribution in [3.63, 3.8) is 0 Å². The summed E-state index contributed by atoms with van der Waals surface area (Å²) in [5.41, 5.74) is -0.162. The van der Waals surface area contributed by atoms with Gasteiger partial charge in [-0.25, -0.2) is 4.98 Å². The Kier molecular flexibility index (Phi) is 4.93. The number of hydrogen-bond acceptors (Lipinski definition) is 7. The van der Waals surface area contributed by atoms with Crippen molar-refractivity contribution in [2.45, 2.75) is 12.6 Å². The van der Waals surface area contributed by atoms with Crippen molar-refractivity contribution in [1.82, 2.24) is 14.5 Å². The van der Waals surface area contributed by atoms with E-state index in [0.717, 1.165) is 12.3 Å². The predicted octanol–water partition coefficient (Wildman–Crippen LogP) is 0.558. The van der Waals surface area contributed by atoms with Crippen LogP contribution in [-0.4, -0.2) is 46.8 Å². The summed E-state index contributed by atoms with van der Waals surface area (Å²) in [5.74, 6) is 1.41. The van der Waals surface area contributed by atoms with Gasteiger partial charge in [-0.3, -0.25) is 9.69 Å². The smallest absolute Gasteiger partial charge is 0.293 e. The molecular formula is C16H19N5O3. The molecule has 1 unspecified atom stereocenters. The van der Waals surface area contributed by atoms with E-state index in [1.807, 2.05) is 12.1 Å². The quantitative estimate of drug-likeness (QED) is 0.856. The van der Waals surface area contributed by atoms with Gasteiger partial charge in [0.15, 0.2) is 5.82 Å². The highest BCUT2D eigenvalue weighted by atomic mass is 16.5. The Hall–Kier alpha value is -2.63. The summed E-state index contributed by atoms with van der Waals surface area (Å²) >= 11 is 0. The second-order valence-corrected chi connectivity index (χ2v) is 5.68. The molecule has 0 amide bonds. The highest BCUT2D eigenvalue weighted by Crippen LogP contribution is 2.13. The molecule has 3 rings (SSSR count). The van der Waals surface area contributed by atoms with Gasteiger partial charge in [0.1, 0.15) is 11.8 Å². The number of aryl methyl sites for hydroxylation is 1. The van der Waals surface area contributed by atoms with Gasteiger partial charge in [-0.15, -0.1) is 0 Å². The van der Waals surface area contributed by atoms with Crippen molar-refractivity contribution >= 4 is 5.82 Å². The molecule has 2 aromatic rings. The van der Waals surface area contributed by atoms with Crippen LogP contribution in [0.3, 0.4) is 0 Å². The van der Waals surface area contributed by atoms with Gasteiger partial charge in [0.2, 0.25) is 5.76 Å². The molecule has 1 fully saturated rings. The van der Waals surface area contributed by atoms with Crippen LogP contribution in [0.15, 0.2) is 33.7 Å². The molecule has 1 saturated heterocycles.